The number of rotatable bonds is 5. The van der Waals surface area contributed by atoms with Gasteiger partial charge >= 0.3 is 0 Å². The molecule has 0 saturated carbocycles. The van der Waals surface area contributed by atoms with Crippen molar-refractivity contribution in [3.05, 3.63) is 29.3 Å². The predicted octanol–water partition coefficient (Wildman–Crippen LogP) is 3.25. The lowest BCUT2D eigenvalue weighted by Gasteiger charge is -2.26. The zero-order valence-corrected chi connectivity index (χ0v) is 11.5. The molecule has 1 unspecified atom stereocenters. The van der Waals surface area contributed by atoms with Crippen molar-refractivity contribution in [3.8, 4) is 5.75 Å². The van der Waals surface area contributed by atoms with Crippen molar-refractivity contribution in [1.82, 2.24) is 5.48 Å². The van der Waals surface area contributed by atoms with Crippen LogP contribution in [0.4, 0.5) is 0 Å². The highest BCUT2D eigenvalue weighted by atomic mass is 16.6. The first-order valence-corrected chi connectivity index (χ1v) is 6.75. The highest BCUT2D eigenvalue weighted by Gasteiger charge is 2.20. The number of fused-ring (bicyclic) bond motifs is 1. The number of hydrogen-bond acceptors (Lipinski definition) is 3. The summed E-state index contributed by atoms with van der Waals surface area (Å²) >= 11 is 0. The third-order valence-corrected chi connectivity index (χ3v) is 3.31. The van der Waals surface area contributed by atoms with Gasteiger partial charge in [0, 0.05) is 0 Å². The van der Waals surface area contributed by atoms with Gasteiger partial charge in [-0.2, -0.15) is 5.48 Å². The Hall–Kier alpha value is -1.06. The Balaban J connectivity index is 2.03. The molecule has 0 heterocycles. The van der Waals surface area contributed by atoms with E-state index in [1.54, 1.807) is 7.11 Å². The van der Waals surface area contributed by atoms with Crippen LogP contribution in [-0.4, -0.2) is 13.7 Å². The number of hydroxylamine groups is 1. The SMILES string of the molecule is COc1ccc2c(c1)CCCC2NOCC(C)C. The molecule has 0 bridgehead atoms. The normalized spacial score (nSPS) is 18.8. The van der Waals surface area contributed by atoms with Crippen LogP contribution >= 0.6 is 0 Å². The van der Waals surface area contributed by atoms with E-state index in [1.165, 1.54) is 17.5 Å². The molecule has 0 spiro atoms. The van der Waals surface area contributed by atoms with Gasteiger partial charge in [0.15, 0.2) is 0 Å². The number of hydrogen-bond donors (Lipinski definition) is 1. The smallest absolute Gasteiger partial charge is 0.119 e. The maximum atomic E-state index is 5.57. The molecule has 2 rings (SSSR count). The first-order chi connectivity index (χ1) is 8.70. The molecule has 1 aliphatic carbocycles. The van der Waals surface area contributed by atoms with Crippen LogP contribution in [0.2, 0.25) is 0 Å². The topological polar surface area (TPSA) is 30.5 Å². The molecule has 1 aromatic rings. The second kappa shape index (κ2) is 6.21. The van der Waals surface area contributed by atoms with E-state index in [0.29, 0.717) is 12.0 Å². The Labute approximate surface area is 109 Å². The number of benzene rings is 1. The minimum atomic E-state index is 0.318. The fourth-order valence-electron chi connectivity index (χ4n) is 2.36. The molecule has 1 aliphatic rings. The Morgan fingerprint density at radius 1 is 1.39 bits per heavy atom. The third-order valence-electron chi connectivity index (χ3n) is 3.31. The first-order valence-electron chi connectivity index (χ1n) is 6.75. The van der Waals surface area contributed by atoms with Crippen LogP contribution in [0.5, 0.6) is 5.75 Å². The van der Waals surface area contributed by atoms with Gasteiger partial charge in [-0.05, 0) is 48.4 Å². The van der Waals surface area contributed by atoms with Gasteiger partial charge in [0.1, 0.15) is 5.75 Å². The van der Waals surface area contributed by atoms with Crippen molar-refractivity contribution in [2.24, 2.45) is 5.92 Å². The van der Waals surface area contributed by atoms with Gasteiger partial charge in [-0.1, -0.05) is 19.9 Å². The summed E-state index contributed by atoms with van der Waals surface area (Å²) in [6.45, 7) is 5.06. The molecular formula is C15H23NO2. The molecule has 1 aromatic carbocycles. The van der Waals surface area contributed by atoms with Crippen LogP contribution in [0.25, 0.3) is 0 Å². The molecule has 0 fully saturated rings. The molecule has 0 saturated heterocycles. The van der Waals surface area contributed by atoms with Crippen molar-refractivity contribution in [2.45, 2.75) is 39.2 Å². The van der Waals surface area contributed by atoms with Gasteiger partial charge in [-0.3, -0.25) is 0 Å². The summed E-state index contributed by atoms with van der Waals surface area (Å²) in [5.74, 6) is 1.49. The molecule has 0 radical (unpaired) electrons. The zero-order chi connectivity index (χ0) is 13.0. The molecule has 0 aliphatic heterocycles. The van der Waals surface area contributed by atoms with Gasteiger partial charge in [0.05, 0.1) is 19.8 Å². The van der Waals surface area contributed by atoms with Crippen molar-refractivity contribution in [2.75, 3.05) is 13.7 Å². The largest absolute Gasteiger partial charge is 0.497 e. The molecule has 3 nitrogen and oxygen atoms in total. The molecule has 18 heavy (non-hydrogen) atoms. The zero-order valence-electron chi connectivity index (χ0n) is 11.5. The fraction of sp³-hybridized carbons (Fsp3) is 0.600. The summed E-state index contributed by atoms with van der Waals surface area (Å²) in [7, 11) is 1.71. The third kappa shape index (κ3) is 3.24. The van der Waals surface area contributed by atoms with Gasteiger partial charge in [-0.15, -0.1) is 0 Å². The second-order valence-electron chi connectivity index (χ2n) is 5.33. The van der Waals surface area contributed by atoms with Crippen LogP contribution in [0.1, 0.15) is 43.9 Å². The van der Waals surface area contributed by atoms with Crippen molar-refractivity contribution in [3.63, 3.8) is 0 Å². The lowest BCUT2D eigenvalue weighted by atomic mass is 9.88. The van der Waals surface area contributed by atoms with Crippen LogP contribution < -0.4 is 10.2 Å². The van der Waals surface area contributed by atoms with Crippen molar-refractivity contribution >= 4 is 0 Å². The Kier molecular flexibility index (Phi) is 4.61. The van der Waals surface area contributed by atoms with E-state index in [-0.39, 0.29) is 0 Å². The number of nitrogens with one attached hydrogen (secondary N) is 1. The maximum Gasteiger partial charge on any atom is 0.119 e. The summed E-state index contributed by atoms with van der Waals surface area (Å²) in [6, 6.07) is 6.65. The standard InChI is InChI=1S/C15H23NO2/c1-11(2)10-18-16-15-6-4-5-12-9-13(17-3)7-8-14(12)15/h7-9,11,15-16H,4-6,10H2,1-3H3. The molecule has 0 aromatic heterocycles. The van der Waals surface area contributed by atoms with E-state index in [1.807, 2.05) is 6.07 Å². The predicted molar refractivity (Wildman–Crippen MR) is 72.6 cm³/mol. The van der Waals surface area contributed by atoms with E-state index in [0.717, 1.165) is 25.2 Å². The van der Waals surface area contributed by atoms with Crippen LogP contribution in [0.3, 0.4) is 0 Å². The van der Waals surface area contributed by atoms with Crippen LogP contribution in [0.15, 0.2) is 18.2 Å². The van der Waals surface area contributed by atoms with Gasteiger partial charge < -0.3 is 9.57 Å². The lowest BCUT2D eigenvalue weighted by Crippen LogP contribution is -2.26. The Morgan fingerprint density at radius 2 is 2.22 bits per heavy atom. The Morgan fingerprint density at radius 3 is 2.94 bits per heavy atom. The van der Waals surface area contributed by atoms with Crippen LogP contribution in [0, 0.1) is 5.92 Å². The number of methoxy groups -OCH3 is 1. The van der Waals surface area contributed by atoms with E-state index >= 15 is 0 Å². The van der Waals surface area contributed by atoms with E-state index in [4.69, 9.17) is 9.57 Å². The molecular weight excluding hydrogens is 226 g/mol. The summed E-state index contributed by atoms with van der Waals surface area (Å²) < 4.78 is 5.28. The monoisotopic (exact) mass is 249 g/mol. The molecule has 1 N–H and O–H groups in total. The fourth-order valence-corrected chi connectivity index (χ4v) is 2.36. The highest BCUT2D eigenvalue weighted by molar-refractivity contribution is 5.38. The van der Waals surface area contributed by atoms with Gasteiger partial charge in [0.2, 0.25) is 0 Å². The summed E-state index contributed by atoms with van der Waals surface area (Å²) in [6.07, 6.45) is 3.47. The first kappa shape index (κ1) is 13.4. The van der Waals surface area contributed by atoms with E-state index in [2.05, 4.69) is 31.5 Å². The minimum Gasteiger partial charge on any atom is -0.497 e. The van der Waals surface area contributed by atoms with Gasteiger partial charge in [0.25, 0.3) is 0 Å². The highest BCUT2D eigenvalue weighted by Crippen LogP contribution is 2.32. The van der Waals surface area contributed by atoms with E-state index < -0.39 is 0 Å². The number of ether oxygens (including phenoxy) is 1. The summed E-state index contributed by atoms with van der Waals surface area (Å²) in [5, 5.41) is 0. The van der Waals surface area contributed by atoms with E-state index in [9.17, 15) is 0 Å². The average molecular weight is 249 g/mol. The van der Waals surface area contributed by atoms with Crippen molar-refractivity contribution in [1.29, 1.82) is 0 Å². The molecule has 100 valence electrons. The molecule has 3 heteroatoms. The van der Waals surface area contributed by atoms with Crippen LogP contribution in [-0.2, 0) is 11.3 Å². The van der Waals surface area contributed by atoms with Crippen molar-refractivity contribution < 1.29 is 9.57 Å². The summed E-state index contributed by atoms with van der Waals surface area (Å²) in [4.78, 5) is 5.57. The van der Waals surface area contributed by atoms with Gasteiger partial charge in [-0.25, -0.2) is 0 Å². The minimum absolute atomic E-state index is 0.318. The Bertz CT molecular complexity index is 390. The quantitative estimate of drug-likeness (QED) is 0.813. The lowest BCUT2D eigenvalue weighted by molar-refractivity contribution is -0.00333. The number of aryl methyl sites for hydroxylation is 1. The molecule has 0 amide bonds. The average Bonchev–Trinajstić information content (AvgIpc) is 2.38. The molecule has 1 atom stereocenters. The summed E-state index contributed by atoms with van der Waals surface area (Å²) in [5.41, 5.74) is 5.94. The maximum absolute atomic E-state index is 5.57. The second-order valence-corrected chi connectivity index (χ2v) is 5.33.